The van der Waals surface area contributed by atoms with E-state index in [9.17, 15) is 4.79 Å². The second-order valence-corrected chi connectivity index (χ2v) is 3.68. The largest absolute Gasteiger partial charge is 0.334 e. The van der Waals surface area contributed by atoms with Gasteiger partial charge in [-0.15, -0.1) is 0 Å². The van der Waals surface area contributed by atoms with Crippen LogP contribution in [0.15, 0.2) is 24.3 Å². The van der Waals surface area contributed by atoms with Crippen molar-refractivity contribution < 1.29 is 4.79 Å². The summed E-state index contributed by atoms with van der Waals surface area (Å²) in [5.74, 6) is 0. The predicted molar refractivity (Wildman–Crippen MR) is 62.1 cm³/mol. The molecule has 1 unspecified atom stereocenters. The number of rotatable bonds is 3. The predicted octanol–water partition coefficient (Wildman–Crippen LogP) is 1.81. The molecule has 5 heteroatoms. The summed E-state index contributed by atoms with van der Waals surface area (Å²) in [6.07, 6.45) is 0. The number of nitrogens with one attached hydrogen (secondary N) is 2. The second-order valence-electron chi connectivity index (χ2n) is 3.25. The van der Waals surface area contributed by atoms with E-state index in [4.69, 9.17) is 17.3 Å². The maximum Gasteiger partial charge on any atom is 0.319 e. The van der Waals surface area contributed by atoms with Gasteiger partial charge in [0, 0.05) is 23.3 Å². The topological polar surface area (TPSA) is 67.1 Å². The SMILES string of the molecule is CC(CN)NC(=O)Nc1cccc(Cl)c1. The van der Waals surface area contributed by atoms with Crippen LogP contribution in [0.5, 0.6) is 0 Å². The quantitative estimate of drug-likeness (QED) is 0.737. The Morgan fingerprint density at radius 2 is 2.33 bits per heavy atom. The molecule has 15 heavy (non-hydrogen) atoms. The lowest BCUT2D eigenvalue weighted by molar-refractivity contribution is 0.249. The number of benzene rings is 1. The molecule has 0 aromatic heterocycles. The molecule has 0 radical (unpaired) electrons. The minimum atomic E-state index is -0.282. The highest BCUT2D eigenvalue weighted by atomic mass is 35.5. The lowest BCUT2D eigenvalue weighted by Crippen LogP contribution is -2.40. The van der Waals surface area contributed by atoms with E-state index in [1.807, 2.05) is 6.92 Å². The van der Waals surface area contributed by atoms with Gasteiger partial charge in [-0.3, -0.25) is 0 Å². The van der Waals surface area contributed by atoms with Crippen molar-refractivity contribution in [3.8, 4) is 0 Å². The van der Waals surface area contributed by atoms with Crippen molar-refractivity contribution in [1.82, 2.24) is 5.32 Å². The summed E-state index contributed by atoms with van der Waals surface area (Å²) in [5.41, 5.74) is 6.03. The van der Waals surface area contributed by atoms with Gasteiger partial charge in [-0.1, -0.05) is 17.7 Å². The Labute approximate surface area is 93.8 Å². The molecule has 0 spiro atoms. The third kappa shape index (κ3) is 4.18. The fourth-order valence-electron chi connectivity index (χ4n) is 1.02. The van der Waals surface area contributed by atoms with Crippen LogP contribution in [-0.2, 0) is 0 Å². The van der Waals surface area contributed by atoms with Crippen molar-refractivity contribution in [3.63, 3.8) is 0 Å². The zero-order valence-corrected chi connectivity index (χ0v) is 9.21. The number of hydrogen-bond acceptors (Lipinski definition) is 2. The van der Waals surface area contributed by atoms with Crippen LogP contribution in [0.1, 0.15) is 6.92 Å². The minimum absolute atomic E-state index is 0.0517. The smallest absolute Gasteiger partial charge is 0.319 e. The highest BCUT2D eigenvalue weighted by Gasteiger charge is 2.05. The van der Waals surface area contributed by atoms with Crippen LogP contribution in [0.3, 0.4) is 0 Å². The minimum Gasteiger partial charge on any atom is -0.334 e. The average molecular weight is 228 g/mol. The number of halogens is 1. The Morgan fingerprint density at radius 1 is 1.60 bits per heavy atom. The molecule has 0 aliphatic rings. The van der Waals surface area contributed by atoms with Crippen molar-refractivity contribution >= 4 is 23.3 Å². The molecule has 0 aliphatic carbocycles. The van der Waals surface area contributed by atoms with E-state index in [0.29, 0.717) is 17.3 Å². The second kappa shape index (κ2) is 5.58. The molecule has 0 saturated carbocycles. The number of hydrogen-bond donors (Lipinski definition) is 3. The van der Waals surface area contributed by atoms with Crippen LogP contribution in [0.4, 0.5) is 10.5 Å². The van der Waals surface area contributed by atoms with E-state index in [1.165, 1.54) is 0 Å². The van der Waals surface area contributed by atoms with E-state index >= 15 is 0 Å². The summed E-state index contributed by atoms with van der Waals surface area (Å²) in [6.45, 7) is 2.24. The first kappa shape index (κ1) is 11.8. The molecular formula is C10H14ClN3O. The molecule has 82 valence electrons. The van der Waals surface area contributed by atoms with Crippen LogP contribution < -0.4 is 16.4 Å². The maximum atomic E-state index is 11.4. The summed E-state index contributed by atoms with van der Waals surface area (Å²) >= 11 is 5.77. The number of amides is 2. The van der Waals surface area contributed by atoms with Crippen LogP contribution >= 0.6 is 11.6 Å². The Morgan fingerprint density at radius 3 is 2.93 bits per heavy atom. The number of carbonyl (C=O) groups excluding carboxylic acids is 1. The Kier molecular flexibility index (Phi) is 4.39. The molecule has 4 N–H and O–H groups in total. The maximum absolute atomic E-state index is 11.4. The van der Waals surface area contributed by atoms with Crippen molar-refractivity contribution in [1.29, 1.82) is 0 Å². The van der Waals surface area contributed by atoms with Gasteiger partial charge in [0.15, 0.2) is 0 Å². The van der Waals surface area contributed by atoms with Gasteiger partial charge >= 0.3 is 6.03 Å². The molecule has 1 rings (SSSR count). The molecule has 1 aromatic rings. The molecule has 1 aromatic carbocycles. The summed E-state index contributed by atoms with van der Waals surface area (Å²) in [7, 11) is 0. The van der Waals surface area contributed by atoms with Crippen LogP contribution in [0, 0.1) is 0 Å². The average Bonchev–Trinajstić information content (AvgIpc) is 2.17. The molecule has 2 amide bonds. The van der Waals surface area contributed by atoms with Gasteiger partial charge in [-0.25, -0.2) is 4.79 Å². The molecule has 4 nitrogen and oxygen atoms in total. The van der Waals surface area contributed by atoms with E-state index in [0.717, 1.165) is 0 Å². The van der Waals surface area contributed by atoms with Gasteiger partial charge in [0.25, 0.3) is 0 Å². The van der Waals surface area contributed by atoms with Gasteiger partial charge in [-0.05, 0) is 25.1 Å². The monoisotopic (exact) mass is 227 g/mol. The van der Waals surface area contributed by atoms with E-state index in [1.54, 1.807) is 24.3 Å². The van der Waals surface area contributed by atoms with Crippen LogP contribution in [-0.4, -0.2) is 18.6 Å². The van der Waals surface area contributed by atoms with Gasteiger partial charge < -0.3 is 16.4 Å². The zero-order valence-electron chi connectivity index (χ0n) is 8.46. The van der Waals surface area contributed by atoms with Gasteiger partial charge in [0.05, 0.1) is 0 Å². The van der Waals surface area contributed by atoms with Crippen LogP contribution in [0.25, 0.3) is 0 Å². The fraction of sp³-hybridized carbons (Fsp3) is 0.300. The number of anilines is 1. The number of urea groups is 1. The first-order valence-corrected chi connectivity index (χ1v) is 5.02. The summed E-state index contributed by atoms with van der Waals surface area (Å²) < 4.78 is 0. The third-order valence-corrected chi connectivity index (χ3v) is 2.05. The zero-order chi connectivity index (χ0) is 11.3. The van der Waals surface area contributed by atoms with E-state index in [2.05, 4.69) is 10.6 Å². The first-order valence-electron chi connectivity index (χ1n) is 4.65. The normalized spacial score (nSPS) is 11.9. The summed E-state index contributed by atoms with van der Waals surface area (Å²) in [5, 5.41) is 5.92. The Balaban J connectivity index is 2.51. The van der Waals surface area contributed by atoms with Crippen molar-refractivity contribution in [2.75, 3.05) is 11.9 Å². The third-order valence-electron chi connectivity index (χ3n) is 1.81. The Hall–Kier alpha value is -1.26. The van der Waals surface area contributed by atoms with Crippen molar-refractivity contribution in [2.45, 2.75) is 13.0 Å². The van der Waals surface area contributed by atoms with Crippen molar-refractivity contribution in [2.24, 2.45) is 5.73 Å². The molecule has 0 heterocycles. The molecular weight excluding hydrogens is 214 g/mol. The molecule has 1 atom stereocenters. The number of nitrogens with two attached hydrogens (primary N) is 1. The van der Waals surface area contributed by atoms with Crippen molar-refractivity contribution in [3.05, 3.63) is 29.3 Å². The molecule has 0 fully saturated rings. The Bertz CT molecular complexity index is 343. The van der Waals surface area contributed by atoms with E-state index in [-0.39, 0.29) is 12.1 Å². The fourth-order valence-corrected chi connectivity index (χ4v) is 1.21. The standard InChI is InChI=1S/C10H14ClN3O/c1-7(6-12)13-10(15)14-9-4-2-3-8(11)5-9/h2-5,7H,6,12H2,1H3,(H2,13,14,15). The molecule has 0 saturated heterocycles. The lowest BCUT2D eigenvalue weighted by atomic mass is 10.3. The highest BCUT2D eigenvalue weighted by Crippen LogP contribution is 2.14. The first-order chi connectivity index (χ1) is 7.11. The molecule has 0 bridgehead atoms. The van der Waals surface area contributed by atoms with Gasteiger partial charge in [-0.2, -0.15) is 0 Å². The number of carbonyl (C=O) groups is 1. The van der Waals surface area contributed by atoms with Gasteiger partial charge in [0.2, 0.25) is 0 Å². The van der Waals surface area contributed by atoms with Gasteiger partial charge in [0.1, 0.15) is 0 Å². The highest BCUT2D eigenvalue weighted by molar-refractivity contribution is 6.30. The summed E-state index contributed by atoms with van der Waals surface area (Å²) in [4.78, 5) is 11.4. The van der Waals surface area contributed by atoms with Crippen LogP contribution in [0.2, 0.25) is 5.02 Å². The lowest BCUT2D eigenvalue weighted by Gasteiger charge is -2.12. The molecule has 0 aliphatic heterocycles. The summed E-state index contributed by atoms with van der Waals surface area (Å²) in [6, 6.07) is 6.61. The van der Waals surface area contributed by atoms with E-state index < -0.39 is 0 Å².